The fourth-order valence-electron chi connectivity index (χ4n) is 0.227. The summed E-state index contributed by atoms with van der Waals surface area (Å²) in [5.41, 5.74) is 4.65. The molecular formula is C4H8FNO2. The van der Waals surface area contributed by atoms with E-state index in [1.807, 2.05) is 0 Å². The van der Waals surface area contributed by atoms with Gasteiger partial charge >= 0.3 is 0 Å². The maximum Gasteiger partial charge on any atom is 0.243 e. The van der Waals surface area contributed by atoms with Crippen LogP contribution in [0.25, 0.3) is 0 Å². The zero-order valence-electron chi connectivity index (χ0n) is 4.39. The van der Waals surface area contributed by atoms with E-state index in [-0.39, 0.29) is 13.2 Å². The third kappa shape index (κ3) is 5.36. The fourth-order valence-corrected chi connectivity index (χ4v) is 0.227. The van der Waals surface area contributed by atoms with Gasteiger partial charge in [-0.2, -0.15) is 0 Å². The minimum atomic E-state index is -0.576. The summed E-state index contributed by atoms with van der Waals surface area (Å²) < 4.78 is 15.6. The Balaban J connectivity index is 2.82. The van der Waals surface area contributed by atoms with E-state index < -0.39 is 12.6 Å². The Morgan fingerprint density at radius 2 is 2.38 bits per heavy atom. The van der Waals surface area contributed by atoms with E-state index in [1.165, 1.54) is 0 Å². The molecule has 0 saturated carbocycles. The van der Waals surface area contributed by atoms with Gasteiger partial charge in [-0.15, -0.1) is 0 Å². The highest BCUT2D eigenvalue weighted by atomic mass is 19.1. The summed E-state index contributed by atoms with van der Waals surface area (Å²) in [4.78, 5) is 9.85. The minimum absolute atomic E-state index is 0.0526. The van der Waals surface area contributed by atoms with Crippen LogP contribution in [0.4, 0.5) is 4.39 Å². The highest BCUT2D eigenvalue weighted by Crippen LogP contribution is 1.72. The first-order chi connectivity index (χ1) is 3.77. The molecule has 0 unspecified atom stereocenters. The summed E-state index contributed by atoms with van der Waals surface area (Å²) in [6, 6.07) is 0. The van der Waals surface area contributed by atoms with Gasteiger partial charge in [0.25, 0.3) is 0 Å². The van der Waals surface area contributed by atoms with Gasteiger partial charge in [-0.3, -0.25) is 4.79 Å². The normalized spacial score (nSPS) is 9.12. The first kappa shape index (κ1) is 7.36. The molecule has 0 aromatic heterocycles. The predicted octanol–water partition coefficient (Wildman–Crippen LogP) is -0.542. The molecule has 48 valence electrons. The van der Waals surface area contributed by atoms with Crippen LogP contribution in [-0.4, -0.2) is 25.8 Å². The third-order valence-electron chi connectivity index (χ3n) is 0.466. The standard InChI is InChI=1S/C4H8FNO2/c5-1-2-8-3-4(6)7/h1-3H2,(H2,6,7). The van der Waals surface area contributed by atoms with Crippen molar-refractivity contribution in [1.29, 1.82) is 0 Å². The van der Waals surface area contributed by atoms with Crippen LogP contribution < -0.4 is 5.73 Å². The maximum atomic E-state index is 11.2. The Bertz CT molecular complexity index is 76.4. The van der Waals surface area contributed by atoms with Gasteiger partial charge in [0.2, 0.25) is 5.91 Å². The fraction of sp³-hybridized carbons (Fsp3) is 0.750. The molecule has 0 radical (unpaired) electrons. The molecule has 8 heavy (non-hydrogen) atoms. The zero-order chi connectivity index (χ0) is 6.41. The van der Waals surface area contributed by atoms with Crippen LogP contribution in [0.2, 0.25) is 0 Å². The summed E-state index contributed by atoms with van der Waals surface area (Å²) in [7, 11) is 0. The predicted molar refractivity (Wildman–Crippen MR) is 26.0 cm³/mol. The third-order valence-corrected chi connectivity index (χ3v) is 0.466. The van der Waals surface area contributed by atoms with Gasteiger partial charge < -0.3 is 10.5 Å². The van der Waals surface area contributed by atoms with E-state index in [0.717, 1.165) is 0 Å². The number of amides is 1. The molecule has 4 heteroatoms. The van der Waals surface area contributed by atoms with Crippen LogP contribution in [0.1, 0.15) is 0 Å². The second-order valence-electron chi connectivity index (χ2n) is 1.21. The number of halogens is 1. The molecule has 0 aliphatic heterocycles. The second kappa shape index (κ2) is 4.52. The van der Waals surface area contributed by atoms with Crippen LogP contribution in [0, 0.1) is 0 Å². The van der Waals surface area contributed by atoms with Crippen LogP contribution in [0.3, 0.4) is 0 Å². The van der Waals surface area contributed by atoms with Crippen molar-refractivity contribution >= 4 is 5.91 Å². The van der Waals surface area contributed by atoms with Gasteiger partial charge in [0.15, 0.2) is 0 Å². The smallest absolute Gasteiger partial charge is 0.243 e. The van der Waals surface area contributed by atoms with E-state index in [2.05, 4.69) is 10.5 Å². The van der Waals surface area contributed by atoms with Crippen molar-refractivity contribution in [3.63, 3.8) is 0 Å². The number of hydrogen-bond acceptors (Lipinski definition) is 2. The molecule has 3 nitrogen and oxygen atoms in total. The monoisotopic (exact) mass is 121 g/mol. The average molecular weight is 121 g/mol. The van der Waals surface area contributed by atoms with Gasteiger partial charge in [0.05, 0.1) is 6.61 Å². The quantitative estimate of drug-likeness (QED) is 0.508. The molecular weight excluding hydrogens is 113 g/mol. The summed E-state index contributed by atoms with van der Waals surface area (Å²) >= 11 is 0. The number of primary amides is 1. The van der Waals surface area contributed by atoms with Crippen molar-refractivity contribution in [3.8, 4) is 0 Å². The molecule has 0 rings (SSSR count). The number of hydrogen-bond donors (Lipinski definition) is 1. The lowest BCUT2D eigenvalue weighted by Crippen LogP contribution is -2.18. The molecule has 0 aliphatic carbocycles. The number of carbonyl (C=O) groups is 1. The Hall–Kier alpha value is -0.640. The molecule has 0 aromatic rings. The largest absolute Gasteiger partial charge is 0.369 e. The van der Waals surface area contributed by atoms with Gasteiger partial charge in [0.1, 0.15) is 13.3 Å². The molecule has 1 amide bonds. The highest BCUT2D eigenvalue weighted by Gasteiger charge is 1.90. The number of rotatable bonds is 4. The average Bonchev–Trinajstić information content (AvgIpc) is 1.66. The van der Waals surface area contributed by atoms with Crippen molar-refractivity contribution in [1.82, 2.24) is 0 Å². The zero-order valence-corrected chi connectivity index (χ0v) is 4.39. The molecule has 0 heterocycles. The minimum Gasteiger partial charge on any atom is -0.369 e. The van der Waals surface area contributed by atoms with Crippen molar-refractivity contribution in [2.24, 2.45) is 5.73 Å². The molecule has 0 aliphatic rings. The number of alkyl halides is 1. The Kier molecular flexibility index (Phi) is 4.16. The molecule has 2 N–H and O–H groups in total. The Labute approximate surface area is 46.6 Å². The van der Waals surface area contributed by atoms with E-state index in [4.69, 9.17) is 0 Å². The van der Waals surface area contributed by atoms with E-state index >= 15 is 0 Å². The summed E-state index contributed by atoms with van der Waals surface area (Å²) in [5.74, 6) is -0.571. The maximum absolute atomic E-state index is 11.2. The van der Waals surface area contributed by atoms with Crippen molar-refractivity contribution in [3.05, 3.63) is 0 Å². The first-order valence-corrected chi connectivity index (χ1v) is 2.19. The van der Waals surface area contributed by atoms with E-state index in [1.54, 1.807) is 0 Å². The summed E-state index contributed by atoms with van der Waals surface area (Å²) in [6.45, 7) is -0.819. The molecule has 0 fully saturated rings. The van der Waals surface area contributed by atoms with E-state index in [9.17, 15) is 9.18 Å². The summed E-state index contributed by atoms with van der Waals surface area (Å²) in [5, 5.41) is 0. The molecule has 0 saturated heterocycles. The number of nitrogens with two attached hydrogens (primary N) is 1. The topological polar surface area (TPSA) is 52.3 Å². The van der Waals surface area contributed by atoms with Crippen LogP contribution in [-0.2, 0) is 9.53 Å². The molecule has 0 atom stereocenters. The second-order valence-corrected chi connectivity index (χ2v) is 1.21. The molecule has 0 spiro atoms. The SMILES string of the molecule is NC(=O)COCCF. The Morgan fingerprint density at radius 3 is 2.75 bits per heavy atom. The lowest BCUT2D eigenvalue weighted by molar-refractivity contribution is -0.122. The van der Waals surface area contributed by atoms with Crippen molar-refractivity contribution in [2.75, 3.05) is 19.9 Å². The number of carbonyl (C=O) groups excluding carboxylic acids is 1. The lowest BCUT2D eigenvalue weighted by atomic mass is 10.7. The van der Waals surface area contributed by atoms with Crippen molar-refractivity contribution in [2.45, 2.75) is 0 Å². The molecule has 0 bridgehead atoms. The van der Waals surface area contributed by atoms with Gasteiger partial charge in [-0.25, -0.2) is 4.39 Å². The molecule has 0 aromatic carbocycles. The van der Waals surface area contributed by atoms with Crippen LogP contribution >= 0.6 is 0 Å². The van der Waals surface area contributed by atoms with Gasteiger partial charge in [-0.1, -0.05) is 0 Å². The number of ether oxygens (including phenoxy) is 1. The van der Waals surface area contributed by atoms with Gasteiger partial charge in [0, 0.05) is 0 Å². The van der Waals surface area contributed by atoms with Crippen LogP contribution in [0.5, 0.6) is 0 Å². The van der Waals surface area contributed by atoms with E-state index in [0.29, 0.717) is 0 Å². The van der Waals surface area contributed by atoms with Gasteiger partial charge in [-0.05, 0) is 0 Å². The summed E-state index contributed by atoms with van der Waals surface area (Å²) in [6.07, 6.45) is 0. The lowest BCUT2D eigenvalue weighted by Gasteiger charge is -1.93. The van der Waals surface area contributed by atoms with Crippen LogP contribution in [0.15, 0.2) is 0 Å². The van der Waals surface area contributed by atoms with Crippen molar-refractivity contribution < 1.29 is 13.9 Å². The Morgan fingerprint density at radius 1 is 1.75 bits per heavy atom. The highest BCUT2D eigenvalue weighted by molar-refractivity contribution is 5.74. The first-order valence-electron chi connectivity index (χ1n) is 2.19.